The van der Waals surface area contributed by atoms with Crippen LogP contribution in [0, 0.1) is 6.92 Å². The van der Waals surface area contributed by atoms with E-state index >= 15 is 0 Å². The lowest BCUT2D eigenvalue weighted by molar-refractivity contribution is 0.159. The maximum atomic E-state index is 10.9. The van der Waals surface area contributed by atoms with Crippen LogP contribution in [-0.2, 0) is 0 Å². The van der Waals surface area contributed by atoms with Crippen LogP contribution in [0.25, 0.3) is 11.0 Å². The third kappa shape index (κ3) is 2.88. The summed E-state index contributed by atoms with van der Waals surface area (Å²) >= 11 is 6.97. The van der Waals surface area contributed by atoms with E-state index in [-0.39, 0.29) is 17.1 Å². The van der Waals surface area contributed by atoms with Crippen molar-refractivity contribution in [2.75, 3.05) is 0 Å². The summed E-state index contributed by atoms with van der Waals surface area (Å²) in [7, 11) is 0. The van der Waals surface area contributed by atoms with Crippen LogP contribution >= 0.6 is 31.9 Å². The first-order valence-electron chi connectivity index (χ1n) is 7.37. The molecule has 1 aromatic heterocycles. The number of fused-ring (bicyclic) bond motifs is 1. The highest BCUT2D eigenvalue weighted by molar-refractivity contribution is 9.11. The lowest BCUT2D eigenvalue weighted by Crippen LogP contribution is -2.04. The van der Waals surface area contributed by atoms with Gasteiger partial charge in [0.15, 0.2) is 11.3 Å². The van der Waals surface area contributed by atoms with Gasteiger partial charge in [-0.1, -0.05) is 44.0 Å². The average Bonchev–Trinajstić information content (AvgIpc) is 2.92. The summed E-state index contributed by atoms with van der Waals surface area (Å²) in [5.74, 6) is 0.214. The minimum absolute atomic E-state index is 0.0286. The van der Waals surface area contributed by atoms with E-state index in [2.05, 4.69) is 31.9 Å². The van der Waals surface area contributed by atoms with Crippen molar-refractivity contribution in [3.05, 3.63) is 61.7 Å². The molecular formula is C18H16Br2O4. The van der Waals surface area contributed by atoms with Gasteiger partial charge in [-0.15, -0.1) is 0 Å². The first kappa shape index (κ1) is 17.5. The van der Waals surface area contributed by atoms with E-state index in [4.69, 9.17) is 4.42 Å². The predicted molar refractivity (Wildman–Crippen MR) is 99.2 cm³/mol. The quantitative estimate of drug-likeness (QED) is 0.513. The number of para-hydroxylation sites is 1. The number of rotatable bonds is 3. The number of aromatic hydroxyl groups is 1. The maximum Gasteiger partial charge on any atom is 0.176 e. The number of aliphatic hydroxyl groups is 2. The van der Waals surface area contributed by atoms with E-state index < -0.39 is 12.2 Å². The van der Waals surface area contributed by atoms with Gasteiger partial charge in [0.2, 0.25) is 0 Å². The molecule has 24 heavy (non-hydrogen) atoms. The van der Waals surface area contributed by atoms with E-state index in [1.807, 2.05) is 19.1 Å². The van der Waals surface area contributed by atoms with Crippen molar-refractivity contribution in [2.24, 2.45) is 0 Å². The molecule has 0 amide bonds. The van der Waals surface area contributed by atoms with E-state index in [1.54, 1.807) is 19.1 Å². The number of hydrogen-bond donors (Lipinski definition) is 3. The molecule has 2 unspecified atom stereocenters. The molecule has 0 aliphatic carbocycles. The number of aliphatic hydroxyl groups excluding tert-OH is 2. The molecule has 3 aromatic rings. The summed E-state index contributed by atoms with van der Waals surface area (Å²) in [4.78, 5) is 0. The van der Waals surface area contributed by atoms with Crippen molar-refractivity contribution < 1.29 is 19.7 Å². The summed E-state index contributed by atoms with van der Waals surface area (Å²) in [5.41, 5.74) is 2.38. The van der Waals surface area contributed by atoms with Crippen molar-refractivity contribution in [3.63, 3.8) is 0 Å². The number of benzene rings is 2. The molecule has 0 fully saturated rings. The summed E-state index contributed by atoms with van der Waals surface area (Å²) < 4.78 is 7.36. The van der Waals surface area contributed by atoms with E-state index in [9.17, 15) is 15.3 Å². The Labute approximate surface area is 156 Å². The zero-order valence-corrected chi connectivity index (χ0v) is 16.2. The van der Waals surface area contributed by atoms with Crippen molar-refractivity contribution in [2.45, 2.75) is 26.1 Å². The van der Waals surface area contributed by atoms with Gasteiger partial charge >= 0.3 is 0 Å². The van der Waals surface area contributed by atoms with E-state index in [0.29, 0.717) is 16.5 Å². The smallest absolute Gasteiger partial charge is 0.176 e. The molecule has 0 spiro atoms. The Hall–Kier alpha value is -1.34. The van der Waals surface area contributed by atoms with E-state index in [1.165, 1.54) is 6.07 Å². The molecule has 0 aliphatic heterocycles. The van der Waals surface area contributed by atoms with Crippen LogP contribution in [0.15, 0.2) is 43.7 Å². The third-order valence-corrected chi connectivity index (χ3v) is 5.68. The molecule has 3 rings (SSSR count). The molecule has 3 N–H and O–H groups in total. The largest absolute Gasteiger partial charge is 0.504 e. The molecule has 2 atom stereocenters. The molecule has 2 aromatic carbocycles. The lowest BCUT2D eigenvalue weighted by Gasteiger charge is -2.15. The monoisotopic (exact) mass is 454 g/mol. The first-order chi connectivity index (χ1) is 11.3. The number of halogens is 2. The van der Waals surface area contributed by atoms with Crippen LogP contribution in [0.3, 0.4) is 0 Å². The summed E-state index contributed by atoms with van der Waals surface area (Å²) in [6, 6.07) is 8.60. The van der Waals surface area contributed by atoms with Crippen LogP contribution < -0.4 is 0 Å². The molecular weight excluding hydrogens is 440 g/mol. The molecule has 0 saturated heterocycles. The normalized spacial score (nSPS) is 14.1. The van der Waals surface area contributed by atoms with Crippen LogP contribution in [0.1, 0.15) is 41.6 Å². The predicted octanol–water partition coefficient (Wildman–Crippen LogP) is 5.11. The van der Waals surface area contributed by atoms with Gasteiger partial charge in [0.25, 0.3) is 0 Å². The van der Waals surface area contributed by atoms with Gasteiger partial charge in [-0.3, -0.25) is 0 Å². The molecule has 0 saturated carbocycles. The number of phenolic OH excluding ortho intramolecular Hbond substituents is 1. The highest BCUT2D eigenvalue weighted by atomic mass is 79.9. The van der Waals surface area contributed by atoms with Gasteiger partial charge in [-0.05, 0) is 43.2 Å². The van der Waals surface area contributed by atoms with Crippen molar-refractivity contribution in [1.82, 2.24) is 0 Å². The number of hydrogen-bond acceptors (Lipinski definition) is 4. The zero-order valence-electron chi connectivity index (χ0n) is 13.0. The van der Waals surface area contributed by atoms with Crippen molar-refractivity contribution >= 4 is 42.8 Å². The summed E-state index contributed by atoms with van der Waals surface area (Å²) in [6.07, 6.45) is -1.93. The molecule has 0 aliphatic rings. The highest BCUT2D eigenvalue weighted by Gasteiger charge is 2.26. The second-order valence-corrected chi connectivity index (χ2v) is 7.43. The Bertz CT molecular complexity index is 892. The Morgan fingerprint density at radius 3 is 2.29 bits per heavy atom. The number of phenols is 1. The number of furan rings is 1. The molecule has 0 radical (unpaired) electrons. The first-order valence-corrected chi connectivity index (χ1v) is 8.95. The minimum Gasteiger partial charge on any atom is -0.504 e. The Morgan fingerprint density at radius 1 is 1.08 bits per heavy atom. The second kappa shape index (κ2) is 6.52. The minimum atomic E-state index is -1.01. The molecule has 1 heterocycles. The molecule has 126 valence electrons. The van der Waals surface area contributed by atoms with Crippen LogP contribution in [0.5, 0.6) is 5.75 Å². The second-order valence-electron chi connectivity index (χ2n) is 5.72. The van der Waals surface area contributed by atoms with Gasteiger partial charge in [0.05, 0.1) is 0 Å². The average molecular weight is 456 g/mol. The van der Waals surface area contributed by atoms with Gasteiger partial charge in [0, 0.05) is 19.9 Å². The zero-order chi connectivity index (χ0) is 17.6. The fraction of sp³-hybridized carbons (Fsp3) is 0.222. The molecule has 0 bridgehead atoms. The van der Waals surface area contributed by atoms with E-state index in [0.717, 1.165) is 14.5 Å². The van der Waals surface area contributed by atoms with Crippen molar-refractivity contribution in [1.29, 1.82) is 0 Å². The molecule has 4 nitrogen and oxygen atoms in total. The van der Waals surface area contributed by atoms with Gasteiger partial charge in [-0.25, -0.2) is 0 Å². The lowest BCUT2D eigenvalue weighted by atomic mass is 9.96. The van der Waals surface area contributed by atoms with Crippen molar-refractivity contribution in [3.8, 4) is 5.75 Å². The van der Waals surface area contributed by atoms with Gasteiger partial charge in [0.1, 0.15) is 18.0 Å². The van der Waals surface area contributed by atoms with Crippen LogP contribution in [-0.4, -0.2) is 15.3 Å². The summed E-state index contributed by atoms with van der Waals surface area (Å²) in [5, 5.41) is 31.6. The summed E-state index contributed by atoms with van der Waals surface area (Å²) in [6.45, 7) is 3.52. The highest BCUT2D eigenvalue weighted by Crippen LogP contribution is 2.41. The SMILES string of the molecule is Cc1c(Br)cc(C(O)c2c(C(C)O)oc3c(O)cccc23)cc1Br. The van der Waals surface area contributed by atoms with Gasteiger partial charge < -0.3 is 19.7 Å². The Kier molecular flexibility index (Phi) is 4.75. The maximum absolute atomic E-state index is 10.9. The standard InChI is InChI=1S/C18H16Br2O4/c1-8-12(19)6-10(7-13(8)20)16(23)15-11-4-3-5-14(22)18(11)24-17(15)9(2)21/h3-7,9,16,21-23H,1-2H3. The topological polar surface area (TPSA) is 73.8 Å². The molecule has 6 heteroatoms. The fourth-order valence-corrected chi connectivity index (χ4v) is 3.95. The van der Waals surface area contributed by atoms with Crippen LogP contribution in [0.2, 0.25) is 0 Å². The van der Waals surface area contributed by atoms with Crippen LogP contribution in [0.4, 0.5) is 0 Å². The Balaban J connectivity index is 2.25. The van der Waals surface area contributed by atoms with Gasteiger partial charge in [-0.2, -0.15) is 0 Å². The Morgan fingerprint density at radius 2 is 1.71 bits per heavy atom. The third-order valence-electron chi connectivity index (χ3n) is 4.03. The fourth-order valence-electron chi connectivity index (χ4n) is 2.72.